The van der Waals surface area contributed by atoms with Crippen molar-refractivity contribution in [1.82, 2.24) is 0 Å². The van der Waals surface area contributed by atoms with E-state index in [4.69, 9.17) is 8.92 Å². The summed E-state index contributed by atoms with van der Waals surface area (Å²) in [4.78, 5) is 12.0. The van der Waals surface area contributed by atoms with Crippen LogP contribution in [0.25, 0.3) is 0 Å². The Hall–Kier alpha value is -2.18. The van der Waals surface area contributed by atoms with Gasteiger partial charge >= 0.3 is 5.97 Å². The fourth-order valence-electron chi connectivity index (χ4n) is 2.41. The Bertz CT molecular complexity index is 860. The quantitative estimate of drug-likeness (QED) is 0.531. The first-order chi connectivity index (χ1) is 12.5. The molecule has 0 saturated carbocycles. The number of hydrogen-bond donors (Lipinski definition) is 0. The Morgan fingerprint density at radius 3 is 2.04 bits per heavy atom. The van der Waals surface area contributed by atoms with Gasteiger partial charge in [-0.2, -0.15) is 8.42 Å². The summed E-state index contributed by atoms with van der Waals surface area (Å²) in [5.41, 5.74) is 2.26. The standard InChI is InChI=1S/C21H26O5S/c1-16-5-11-19(12-6-16)27(23,24)25-14-13-17-7-9-18(10-8-17)15-20(22)26-21(2,3)4/h5-12H,13-15H2,1-4H3. The fraction of sp³-hybridized carbons (Fsp3) is 0.381. The van der Waals surface area contributed by atoms with Gasteiger partial charge in [0.1, 0.15) is 5.60 Å². The van der Waals surface area contributed by atoms with Crippen molar-refractivity contribution in [3.63, 3.8) is 0 Å². The summed E-state index contributed by atoms with van der Waals surface area (Å²) in [5.74, 6) is -0.275. The molecule has 0 spiro atoms. The lowest BCUT2D eigenvalue weighted by Gasteiger charge is -2.19. The fourth-order valence-corrected chi connectivity index (χ4v) is 3.32. The number of esters is 1. The van der Waals surface area contributed by atoms with Crippen LogP contribution < -0.4 is 0 Å². The van der Waals surface area contributed by atoms with Crippen molar-refractivity contribution in [2.24, 2.45) is 0 Å². The molecule has 0 saturated heterocycles. The average Bonchev–Trinajstić information content (AvgIpc) is 2.55. The lowest BCUT2D eigenvalue weighted by atomic mass is 10.1. The minimum absolute atomic E-state index is 0.0572. The third-order valence-electron chi connectivity index (χ3n) is 3.73. The van der Waals surface area contributed by atoms with Crippen molar-refractivity contribution in [3.8, 4) is 0 Å². The molecule has 0 bridgehead atoms. The number of ether oxygens (including phenoxy) is 1. The van der Waals surface area contributed by atoms with Crippen LogP contribution in [-0.2, 0) is 36.7 Å². The molecule has 0 amide bonds. The predicted octanol–water partition coefficient (Wildman–Crippen LogP) is 3.83. The van der Waals surface area contributed by atoms with E-state index in [9.17, 15) is 13.2 Å². The minimum atomic E-state index is -3.75. The van der Waals surface area contributed by atoms with E-state index in [-0.39, 0.29) is 23.9 Å². The molecular weight excluding hydrogens is 364 g/mol. The van der Waals surface area contributed by atoms with Crippen LogP contribution in [-0.4, -0.2) is 26.6 Å². The number of rotatable bonds is 7. The second-order valence-electron chi connectivity index (χ2n) is 7.42. The van der Waals surface area contributed by atoms with E-state index in [0.29, 0.717) is 6.42 Å². The Kier molecular flexibility index (Phi) is 6.78. The second-order valence-corrected chi connectivity index (χ2v) is 9.03. The third-order valence-corrected chi connectivity index (χ3v) is 5.06. The van der Waals surface area contributed by atoms with E-state index in [2.05, 4.69) is 0 Å². The molecule has 2 aromatic rings. The van der Waals surface area contributed by atoms with E-state index in [1.807, 2.05) is 52.0 Å². The first kappa shape index (κ1) is 21.1. The van der Waals surface area contributed by atoms with Crippen LogP contribution >= 0.6 is 0 Å². The molecule has 0 fully saturated rings. The van der Waals surface area contributed by atoms with E-state index in [1.54, 1.807) is 12.1 Å². The third kappa shape index (κ3) is 7.15. The molecule has 27 heavy (non-hydrogen) atoms. The molecule has 0 aliphatic rings. The van der Waals surface area contributed by atoms with Crippen molar-refractivity contribution in [2.45, 2.75) is 51.0 Å². The highest BCUT2D eigenvalue weighted by molar-refractivity contribution is 7.86. The van der Waals surface area contributed by atoms with Crippen LogP contribution in [0.15, 0.2) is 53.4 Å². The largest absolute Gasteiger partial charge is 0.460 e. The maximum atomic E-state index is 12.1. The van der Waals surface area contributed by atoms with Crippen molar-refractivity contribution in [3.05, 3.63) is 65.2 Å². The van der Waals surface area contributed by atoms with E-state index in [0.717, 1.165) is 16.7 Å². The molecule has 0 unspecified atom stereocenters. The van der Waals surface area contributed by atoms with E-state index >= 15 is 0 Å². The minimum Gasteiger partial charge on any atom is -0.460 e. The zero-order valence-corrected chi connectivity index (χ0v) is 17.0. The van der Waals surface area contributed by atoms with Crippen LogP contribution in [0.5, 0.6) is 0 Å². The normalized spacial score (nSPS) is 12.0. The summed E-state index contributed by atoms with van der Waals surface area (Å²) in [6.45, 7) is 7.45. The van der Waals surface area contributed by atoms with Crippen molar-refractivity contribution >= 4 is 16.1 Å². The molecular formula is C21H26O5S. The molecule has 0 aromatic heterocycles. The second kappa shape index (κ2) is 8.67. The van der Waals surface area contributed by atoms with Crippen LogP contribution in [0.4, 0.5) is 0 Å². The summed E-state index contributed by atoms with van der Waals surface area (Å²) in [7, 11) is -3.75. The molecule has 0 heterocycles. The highest BCUT2D eigenvalue weighted by Crippen LogP contribution is 2.15. The van der Waals surface area contributed by atoms with Gasteiger partial charge in [-0.05, 0) is 57.4 Å². The molecule has 0 atom stereocenters. The zero-order chi connectivity index (χ0) is 20.1. The molecule has 0 N–H and O–H groups in total. The van der Waals surface area contributed by atoms with Gasteiger partial charge in [0.05, 0.1) is 17.9 Å². The van der Waals surface area contributed by atoms with Gasteiger partial charge in [0, 0.05) is 0 Å². The average molecular weight is 391 g/mol. The summed E-state index contributed by atoms with van der Waals surface area (Å²) in [6.07, 6.45) is 0.660. The van der Waals surface area contributed by atoms with E-state index < -0.39 is 15.7 Å². The maximum Gasteiger partial charge on any atom is 0.310 e. The summed E-state index contributed by atoms with van der Waals surface area (Å²) < 4.78 is 34.7. The van der Waals surface area contributed by atoms with Crippen molar-refractivity contribution < 1.29 is 22.1 Å². The molecule has 6 heteroatoms. The Morgan fingerprint density at radius 1 is 0.926 bits per heavy atom. The SMILES string of the molecule is Cc1ccc(S(=O)(=O)OCCc2ccc(CC(=O)OC(C)(C)C)cc2)cc1. The molecule has 0 radical (unpaired) electrons. The lowest BCUT2D eigenvalue weighted by Crippen LogP contribution is -2.24. The predicted molar refractivity (Wildman–Crippen MR) is 104 cm³/mol. The number of aryl methyl sites for hydroxylation is 1. The Labute approximate surface area is 161 Å². The summed E-state index contributed by atoms with van der Waals surface area (Å²) in [5, 5.41) is 0. The van der Waals surface area contributed by atoms with Crippen LogP contribution in [0.3, 0.4) is 0 Å². The lowest BCUT2D eigenvalue weighted by molar-refractivity contribution is -0.153. The molecule has 0 aliphatic carbocycles. The van der Waals surface area contributed by atoms with Gasteiger partial charge in [-0.25, -0.2) is 0 Å². The first-order valence-corrected chi connectivity index (χ1v) is 10.2. The summed E-state index contributed by atoms with van der Waals surface area (Å²) >= 11 is 0. The van der Waals surface area contributed by atoms with Gasteiger partial charge < -0.3 is 4.74 Å². The Balaban J connectivity index is 1.86. The monoisotopic (exact) mass is 390 g/mol. The van der Waals surface area contributed by atoms with Gasteiger partial charge in [-0.1, -0.05) is 42.0 Å². The molecule has 146 valence electrons. The number of hydrogen-bond acceptors (Lipinski definition) is 5. The first-order valence-electron chi connectivity index (χ1n) is 8.81. The molecule has 2 rings (SSSR count). The number of benzene rings is 2. The molecule has 2 aromatic carbocycles. The molecule has 0 aliphatic heterocycles. The molecule has 5 nitrogen and oxygen atoms in total. The van der Waals surface area contributed by atoms with Crippen molar-refractivity contribution in [1.29, 1.82) is 0 Å². The highest BCUT2D eigenvalue weighted by Gasteiger charge is 2.17. The van der Waals surface area contributed by atoms with Gasteiger partial charge in [-0.15, -0.1) is 0 Å². The highest BCUT2D eigenvalue weighted by atomic mass is 32.2. The zero-order valence-electron chi connectivity index (χ0n) is 16.2. The number of carbonyl (C=O) groups is 1. The van der Waals surface area contributed by atoms with Gasteiger partial charge in [0.15, 0.2) is 0 Å². The number of carbonyl (C=O) groups excluding carboxylic acids is 1. The van der Waals surface area contributed by atoms with Crippen LogP contribution in [0, 0.1) is 6.92 Å². The van der Waals surface area contributed by atoms with Crippen LogP contribution in [0.1, 0.15) is 37.5 Å². The Morgan fingerprint density at radius 2 is 1.48 bits per heavy atom. The topological polar surface area (TPSA) is 69.7 Å². The smallest absolute Gasteiger partial charge is 0.310 e. The van der Waals surface area contributed by atoms with E-state index in [1.165, 1.54) is 12.1 Å². The van der Waals surface area contributed by atoms with Crippen molar-refractivity contribution in [2.75, 3.05) is 6.61 Å². The maximum absolute atomic E-state index is 12.1. The van der Waals surface area contributed by atoms with Gasteiger partial charge in [0.25, 0.3) is 10.1 Å². The van der Waals surface area contributed by atoms with Gasteiger partial charge in [0.2, 0.25) is 0 Å². The summed E-state index contributed by atoms with van der Waals surface area (Å²) in [6, 6.07) is 14.0. The van der Waals surface area contributed by atoms with Crippen LogP contribution in [0.2, 0.25) is 0 Å². The van der Waals surface area contributed by atoms with Gasteiger partial charge in [-0.3, -0.25) is 8.98 Å².